The van der Waals surface area contributed by atoms with Crippen molar-refractivity contribution in [2.24, 2.45) is 0 Å². The van der Waals surface area contributed by atoms with Crippen LogP contribution in [0.3, 0.4) is 0 Å². The highest BCUT2D eigenvalue weighted by Gasteiger charge is 2.27. The summed E-state index contributed by atoms with van der Waals surface area (Å²) < 4.78 is 27.0. The summed E-state index contributed by atoms with van der Waals surface area (Å²) in [5.41, 5.74) is 3.41. The molecule has 0 spiro atoms. The highest BCUT2D eigenvalue weighted by Crippen LogP contribution is 2.27. The Morgan fingerprint density at radius 1 is 0.833 bits per heavy atom. The summed E-state index contributed by atoms with van der Waals surface area (Å²) in [7, 11) is -3.41. The highest BCUT2D eigenvalue weighted by molar-refractivity contribution is 7.89. The van der Waals surface area contributed by atoms with Gasteiger partial charge < -0.3 is 0 Å². The maximum absolute atomic E-state index is 12.7. The normalized spacial score (nSPS) is 15.8. The zero-order valence-electron chi connectivity index (χ0n) is 13.1. The number of hydrogen-bond acceptors (Lipinski definition) is 4. The SMILES string of the molecule is O=S(=O)(c1cccc(-c2ccc3nccnc3c2)c1)N1CCCC1. The molecule has 2 heterocycles. The quantitative estimate of drug-likeness (QED) is 0.736. The number of rotatable bonds is 3. The first-order valence-electron chi connectivity index (χ1n) is 7.96. The van der Waals surface area contributed by atoms with Crippen LogP contribution in [0.15, 0.2) is 59.8 Å². The Kier molecular flexibility index (Phi) is 3.78. The van der Waals surface area contributed by atoms with Crippen molar-refractivity contribution < 1.29 is 8.42 Å². The van der Waals surface area contributed by atoms with Crippen molar-refractivity contribution >= 4 is 21.1 Å². The van der Waals surface area contributed by atoms with Crippen LogP contribution in [0.4, 0.5) is 0 Å². The molecular weight excluding hydrogens is 322 g/mol. The Morgan fingerprint density at radius 3 is 2.33 bits per heavy atom. The van der Waals surface area contributed by atoms with Gasteiger partial charge in [0.25, 0.3) is 0 Å². The molecule has 0 atom stereocenters. The molecule has 1 aliphatic heterocycles. The average molecular weight is 339 g/mol. The monoisotopic (exact) mass is 339 g/mol. The van der Waals surface area contributed by atoms with Gasteiger partial charge in [-0.25, -0.2) is 8.42 Å². The number of hydrogen-bond donors (Lipinski definition) is 0. The van der Waals surface area contributed by atoms with Gasteiger partial charge in [0, 0.05) is 25.5 Å². The van der Waals surface area contributed by atoms with Gasteiger partial charge in [0.1, 0.15) is 0 Å². The van der Waals surface area contributed by atoms with E-state index in [4.69, 9.17) is 0 Å². The number of sulfonamides is 1. The van der Waals surface area contributed by atoms with Crippen molar-refractivity contribution in [2.45, 2.75) is 17.7 Å². The zero-order chi connectivity index (χ0) is 16.6. The first-order chi connectivity index (χ1) is 11.6. The van der Waals surface area contributed by atoms with E-state index in [9.17, 15) is 8.42 Å². The van der Waals surface area contributed by atoms with Gasteiger partial charge in [0.15, 0.2) is 0 Å². The fourth-order valence-corrected chi connectivity index (χ4v) is 4.62. The Hall–Kier alpha value is -2.31. The molecule has 3 aromatic rings. The number of aromatic nitrogens is 2. The third kappa shape index (κ3) is 2.68. The standard InChI is InChI=1S/C18H17N3O2S/c22-24(23,21-10-1-2-11-21)16-5-3-4-14(12-16)15-6-7-17-18(13-15)20-9-8-19-17/h3-9,12-13H,1-2,10-11H2. The molecule has 0 unspecified atom stereocenters. The summed E-state index contributed by atoms with van der Waals surface area (Å²) in [4.78, 5) is 8.92. The summed E-state index contributed by atoms with van der Waals surface area (Å²) >= 11 is 0. The Balaban J connectivity index is 1.76. The van der Waals surface area contributed by atoms with Gasteiger partial charge in [0.2, 0.25) is 10.0 Å². The molecule has 6 heteroatoms. The van der Waals surface area contributed by atoms with Crippen LogP contribution in [0.5, 0.6) is 0 Å². The largest absolute Gasteiger partial charge is 0.253 e. The summed E-state index contributed by atoms with van der Waals surface area (Å²) in [5.74, 6) is 0. The van der Waals surface area contributed by atoms with Gasteiger partial charge in [0.05, 0.1) is 15.9 Å². The molecule has 1 aromatic heterocycles. The fraction of sp³-hybridized carbons (Fsp3) is 0.222. The van der Waals surface area contributed by atoms with Crippen LogP contribution in [0.2, 0.25) is 0 Å². The Bertz CT molecular complexity index is 996. The molecule has 5 nitrogen and oxygen atoms in total. The molecular formula is C18H17N3O2S. The van der Waals surface area contributed by atoms with Crippen LogP contribution in [0, 0.1) is 0 Å². The second-order valence-corrected chi connectivity index (χ2v) is 7.84. The second-order valence-electron chi connectivity index (χ2n) is 5.90. The van der Waals surface area contributed by atoms with Crippen LogP contribution >= 0.6 is 0 Å². The third-order valence-corrected chi connectivity index (χ3v) is 6.23. The van der Waals surface area contributed by atoms with Crippen molar-refractivity contribution in [3.8, 4) is 11.1 Å². The lowest BCUT2D eigenvalue weighted by Crippen LogP contribution is -2.27. The maximum atomic E-state index is 12.7. The fourth-order valence-electron chi connectivity index (χ4n) is 3.06. The molecule has 0 bridgehead atoms. The highest BCUT2D eigenvalue weighted by atomic mass is 32.2. The molecule has 0 amide bonds. The topological polar surface area (TPSA) is 63.2 Å². The molecule has 2 aromatic carbocycles. The van der Waals surface area contributed by atoms with Crippen LogP contribution < -0.4 is 0 Å². The van der Waals surface area contributed by atoms with Gasteiger partial charge in [-0.1, -0.05) is 18.2 Å². The minimum absolute atomic E-state index is 0.348. The molecule has 0 saturated carbocycles. The first kappa shape index (κ1) is 15.2. The van der Waals surface area contributed by atoms with E-state index in [0.717, 1.165) is 35.0 Å². The van der Waals surface area contributed by atoms with E-state index >= 15 is 0 Å². The molecule has 4 rings (SSSR count). The number of benzene rings is 2. The molecule has 0 radical (unpaired) electrons. The minimum atomic E-state index is -3.41. The van der Waals surface area contributed by atoms with Crippen LogP contribution in [0.25, 0.3) is 22.2 Å². The second kappa shape index (κ2) is 5.96. The maximum Gasteiger partial charge on any atom is 0.243 e. The molecule has 0 N–H and O–H groups in total. The molecule has 122 valence electrons. The summed E-state index contributed by atoms with van der Waals surface area (Å²) in [6, 6.07) is 12.9. The van der Waals surface area contributed by atoms with Crippen molar-refractivity contribution in [1.82, 2.24) is 14.3 Å². The van der Waals surface area contributed by atoms with Gasteiger partial charge in [-0.15, -0.1) is 0 Å². The van der Waals surface area contributed by atoms with Gasteiger partial charge >= 0.3 is 0 Å². The van der Waals surface area contributed by atoms with Crippen LogP contribution in [0.1, 0.15) is 12.8 Å². The van der Waals surface area contributed by atoms with E-state index in [1.807, 2.05) is 24.3 Å². The molecule has 0 aliphatic carbocycles. The van der Waals surface area contributed by atoms with E-state index in [2.05, 4.69) is 9.97 Å². The molecule has 24 heavy (non-hydrogen) atoms. The summed E-state index contributed by atoms with van der Waals surface area (Å²) in [5, 5.41) is 0. The lowest BCUT2D eigenvalue weighted by atomic mass is 10.1. The summed E-state index contributed by atoms with van der Waals surface area (Å²) in [6.07, 6.45) is 5.18. The van der Waals surface area contributed by atoms with Crippen molar-refractivity contribution in [3.05, 3.63) is 54.9 Å². The Morgan fingerprint density at radius 2 is 1.54 bits per heavy atom. The lowest BCUT2D eigenvalue weighted by molar-refractivity contribution is 0.477. The van der Waals surface area contributed by atoms with Crippen molar-refractivity contribution in [1.29, 1.82) is 0 Å². The zero-order valence-corrected chi connectivity index (χ0v) is 13.9. The van der Waals surface area contributed by atoms with E-state index in [0.29, 0.717) is 18.0 Å². The minimum Gasteiger partial charge on any atom is -0.253 e. The molecule has 1 fully saturated rings. The molecule has 1 aliphatic rings. The number of nitrogens with zero attached hydrogens (tertiary/aromatic N) is 3. The summed E-state index contributed by atoms with van der Waals surface area (Å²) in [6.45, 7) is 1.22. The Labute approximate surface area is 141 Å². The van der Waals surface area contributed by atoms with Gasteiger partial charge in [-0.3, -0.25) is 9.97 Å². The predicted molar refractivity (Wildman–Crippen MR) is 93.0 cm³/mol. The van der Waals surface area contributed by atoms with E-state index in [1.165, 1.54) is 0 Å². The van der Waals surface area contributed by atoms with Crippen LogP contribution in [-0.4, -0.2) is 35.8 Å². The van der Waals surface area contributed by atoms with E-state index in [-0.39, 0.29) is 0 Å². The van der Waals surface area contributed by atoms with Crippen molar-refractivity contribution in [3.63, 3.8) is 0 Å². The number of fused-ring (bicyclic) bond motifs is 1. The van der Waals surface area contributed by atoms with Crippen molar-refractivity contribution in [2.75, 3.05) is 13.1 Å². The lowest BCUT2D eigenvalue weighted by Gasteiger charge is -2.16. The molecule has 1 saturated heterocycles. The van der Waals surface area contributed by atoms with E-state index in [1.54, 1.807) is 34.9 Å². The van der Waals surface area contributed by atoms with Crippen LogP contribution in [-0.2, 0) is 10.0 Å². The van der Waals surface area contributed by atoms with Gasteiger partial charge in [-0.2, -0.15) is 4.31 Å². The predicted octanol–water partition coefficient (Wildman–Crippen LogP) is 3.08. The van der Waals surface area contributed by atoms with Gasteiger partial charge in [-0.05, 0) is 48.2 Å². The average Bonchev–Trinajstić information content (AvgIpc) is 3.17. The van der Waals surface area contributed by atoms with E-state index < -0.39 is 10.0 Å². The smallest absolute Gasteiger partial charge is 0.243 e. The first-order valence-corrected chi connectivity index (χ1v) is 9.40. The third-order valence-electron chi connectivity index (χ3n) is 4.34.